The Morgan fingerprint density at radius 2 is 1.20 bits per heavy atom. The highest BCUT2D eigenvalue weighted by molar-refractivity contribution is 7.91. The number of allylic oxidation sites excluding steroid dienone is 4. The highest BCUT2D eigenvalue weighted by Gasteiger charge is 2.33. The van der Waals surface area contributed by atoms with Crippen LogP contribution in [-0.2, 0) is 44.5 Å². The highest BCUT2D eigenvalue weighted by Crippen LogP contribution is 2.34. The smallest absolute Gasteiger partial charge is 0.350 e. The Balaban J connectivity index is 0. The fraction of sp³-hybridized carbons (Fsp3) is 0.361. The molecule has 1 N–H and O–H groups in total. The van der Waals surface area contributed by atoms with Gasteiger partial charge in [-0.15, -0.1) is 0 Å². The number of nitro groups is 2. The Bertz CT molecular complexity index is 2270. The molecular formula is C36H41N6O15S2-3. The lowest BCUT2D eigenvalue weighted by Crippen LogP contribution is -2.42. The molecule has 0 amide bonds. The van der Waals surface area contributed by atoms with E-state index in [2.05, 4.69) is 13.4 Å². The number of nitro benzene ring substituents is 2. The zero-order valence-electron chi connectivity index (χ0n) is 31.4. The summed E-state index contributed by atoms with van der Waals surface area (Å²) in [5.41, 5.74) is -3.67. The number of aliphatic hydroxyl groups is 1. The largest absolute Gasteiger partial charge is 0.817 e. The van der Waals surface area contributed by atoms with Gasteiger partial charge in [0.25, 0.3) is 11.4 Å². The van der Waals surface area contributed by atoms with E-state index in [0.717, 1.165) is 48.9 Å². The predicted octanol–water partition coefficient (Wildman–Crippen LogP) is 3.91. The molecule has 2 aliphatic carbocycles. The van der Waals surface area contributed by atoms with Crippen molar-refractivity contribution < 1.29 is 60.8 Å². The van der Waals surface area contributed by atoms with Gasteiger partial charge in [0, 0.05) is 62.5 Å². The van der Waals surface area contributed by atoms with E-state index < -0.39 is 63.8 Å². The second kappa shape index (κ2) is 23.6. The first-order valence-corrected chi connectivity index (χ1v) is 19.8. The van der Waals surface area contributed by atoms with Crippen LogP contribution in [0.2, 0.25) is 0 Å². The molecule has 1 atom stereocenters. The third-order valence-electron chi connectivity index (χ3n) is 7.02. The van der Waals surface area contributed by atoms with Crippen molar-refractivity contribution in [3.05, 3.63) is 102 Å². The number of esters is 1. The monoisotopic (exact) mass is 861 g/mol. The van der Waals surface area contributed by atoms with E-state index in [9.17, 15) is 61.8 Å². The normalized spacial score (nSPS) is 14.3. The van der Waals surface area contributed by atoms with Crippen molar-refractivity contribution in [2.24, 2.45) is 0 Å². The van der Waals surface area contributed by atoms with Gasteiger partial charge in [0.05, 0.1) is 37.3 Å². The van der Waals surface area contributed by atoms with Gasteiger partial charge in [0.15, 0.2) is 37.0 Å². The third kappa shape index (κ3) is 17.7. The number of hydrogen-bond donors (Lipinski definition) is 1. The maximum atomic E-state index is 12.7. The molecule has 4 rings (SSSR count). The van der Waals surface area contributed by atoms with Crippen LogP contribution in [0, 0.1) is 42.9 Å². The summed E-state index contributed by atoms with van der Waals surface area (Å²) in [6, 6.07) is 8.51. The van der Waals surface area contributed by atoms with Crippen LogP contribution in [0.1, 0.15) is 75.7 Å². The third-order valence-corrected chi connectivity index (χ3v) is 9.24. The van der Waals surface area contributed by atoms with Crippen molar-refractivity contribution >= 4 is 62.0 Å². The average molecular weight is 862 g/mol. The molecule has 0 saturated carbocycles. The second-order valence-corrected chi connectivity index (χ2v) is 16.2. The van der Waals surface area contributed by atoms with Gasteiger partial charge in [-0.3, -0.25) is 29.8 Å². The first-order chi connectivity index (χ1) is 26.8. The van der Waals surface area contributed by atoms with Gasteiger partial charge in [0.2, 0.25) is 0 Å². The summed E-state index contributed by atoms with van der Waals surface area (Å²) in [5, 5.41) is 74.2. The summed E-state index contributed by atoms with van der Waals surface area (Å²) in [6.45, 7) is 7.38. The molecule has 0 bridgehead atoms. The predicted molar refractivity (Wildman–Crippen MR) is 210 cm³/mol. The van der Waals surface area contributed by atoms with Crippen LogP contribution < -0.4 is 5.11 Å². The van der Waals surface area contributed by atoms with Crippen molar-refractivity contribution in [2.75, 3.05) is 12.5 Å². The molecule has 2 aromatic carbocycles. The number of ketones is 2. The summed E-state index contributed by atoms with van der Waals surface area (Å²) in [7, 11) is -7.40. The van der Waals surface area contributed by atoms with Gasteiger partial charge < -0.3 is 30.5 Å². The van der Waals surface area contributed by atoms with Crippen LogP contribution in [0.25, 0.3) is 10.8 Å². The minimum Gasteiger partial charge on any atom is -0.817 e. The van der Waals surface area contributed by atoms with Crippen LogP contribution in [0.5, 0.6) is 0 Å². The number of benzene rings is 2. The first-order valence-electron chi connectivity index (χ1n) is 16.1. The second-order valence-electron chi connectivity index (χ2n) is 12.2. The number of sulfone groups is 2. The zero-order chi connectivity index (χ0) is 45.2. The SMILES string of the molecule is C.C=[N-].C=[N-].CC(C)(O)C#N.CS(=O)(=O)c1ccc(C(=O)OC2=CC(=O)CCC2)c([N+](=O)[O-])c1.CS(=O)(=O)c1ccc(C([O-])(C#N)OC2=CC(=O)CCC2)c([N+](=O)[O-])c1. The van der Waals surface area contributed by atoms with Crippen molar-refractivity contribution in [3.8, 4) is 12.1 Å². The molecule has 320 valence electrons. The summed E-state index contributed by atoms with van der Waals surface area (Å²) < 4.78 is 56.1. The van der Waals surface area contributed by atoms with Crippen molar-refractivity contribution in [1.29, 1.82) is 10.5 Å². The molecule has 0 aliphatic heterocycles. The Hall–Kier alpha value is -6.53. The summed E-state index contributed by atoms with van der Waals surface area (Å²) in [6.07, 6.45) is 6.28. The van der Waals surface area contributed by atoms with E-state index in [1.54, 1.807) is 6.07 Å². The number of carbonyl (C=O) groups is 3. The van der Waals surface area contributed by atoms with Crippen LogP contribution in [0.3, 0.4) is 0 Å². The lowest BCUT2D eigenvalue weighted by Gasteiger charge is -2.35. The van der Waals surface area contributed by atoms with E-state index in [1.165, 1.54) is 26.0 Å². The van der Waals surface area contributed by atoms with Crippen molar-refractivity contribution in [2.45, 2.75) is 81.0 Å². The average Bonchev–Trinajstić information content (AvgIpc) is 3.15. The Kier molecular flexibility index (Phi) is 21.9. The van der Waals surface area contributed by atoms with Crippen LogP contribution >= 0.6 is 0 Å². The molecule has 1 unspecified atom stereocenters. The van der Waals surface area contributed by atoms with E-state index in [1.807, 2.05) is 0 Å². The lowest BCUT2D eigenvalue weighted by atomic mass is 10.0. The Morgan fingerprint density at radius 3 is 1.59 bits per heavy atom. The minimum absolute atomic E-state index is 0. The standard InChI is InChI=1S/C15H13N2O7S.C14H13NO7S.C4H7NO.2CH2N.CH4/c1-25(22,23)12-5-6-13(14(8-12)17(20)21)15(19,9-16)24-11-4-2-3-10(18)7-11;1-23(20,21)11-5-6-12(13(8-11)15(18)19)14(17)22-10-4-2-3-9(16)7-10;1-4(2,6)3-5;2*1-2;/h5-8H,2-4H2,1H3;5-8H,2-4H2,1H3;6H,1-2H3;2*1H2;1H4/q-1;;;2*-1;. The molecule has 21 nitrogen and oxygen atoms in total. The zero-order valence-corrected chi connectivity index (χ0v) is 33.1. The molecule has 0 aromatic heterocycles. The van der Waals surface area contributed by atoms with Gasteiger partial charge in [0.1, 0.15) is 22.7 Å². The quantitative estimate of drug-likeness (QED) is 0.0932. The Morgan fingerprint density at radius 1 is 0.797 bits per heavy atom. The van der Waals surface area contributed by atoms with Gasteiger partial charge in [-0.1, -0.05) is 7.43 Å². The molecular weight excluding hydrogens is 821 g/mol. The van der Waals surface area contributed by atoms with Gasteiger partial charge in [-0.25, -0.2) is 35.1 Å². The summed E-state index contributed by atoms with van der Waals surface area (Å²) in [5.74, 6) is -4.33. The fourth-order valence-electron chi connectivity index (χ4n) is 4.42. The number of nitriles is 2. The number of carbonyl (C=O) groups excluding carboxylic acids is 3. The molecule has 23 heteroatoms. The molecule has 0 fully saturated rings. The van der Waals surface area contributed by atoms with Gasteiger partial charge in [-0.05, 0) is 51.0 Å². The van der Waals surface area contributed by atoms with E-state index in [-0.39, 0.29) is 58.7 Å². The van der Waals surface area contributed by atoms with E-state index >= 15 is 0 Å². The van der Waals surface area contributed by atoms with Gasteiger partial charge >= 0.3 is 5.97 Å². The Labute approximate surface area is 340 Å². The molecule has 2 aromatic rings. The molecule has 59 heavy (non-hydrogen) atoms. The molecule has 0 radical (unpaired) electrons. The van der Waals surface area contributed by atoms with E-state index in [4.69, 9.17) is 30.7 Å². The lowest BCUT2D eigenvalue weighted by molar-refractivity contribution is -0.538. The van der Waals surface area contributed by atoms with Crippen LogP contribution in [0.4, 0.5) is 11.4 Å². The fourth-order valence-corrected chi connectivity index (χ4v) is 5.70. The maximum absolute atomic E-state index is 12.7. The summed E-state index contributed by atoms with van der Waals surface area (Å²) in [4.78, 5) is 54.6. The first kappa shape index (κ1) is 54.6. The number of rotatable bonds is 9. The van der Waals surface area contributed by atoms with Crippen LogP contribution in [-0.4, -0.2) is 80.9 Å². The van der Waals surface area contributed by atoms with Crippen molar-refractivity contribution in [3.63, 3.8) is 0 Å². The summed E-state index contributed by atoms with van der Waals surface area (Å²) >= 11 is 0. The highest BCUT2D eigenvalue weighted by atomic mass is 32.2. The van der Waals surface area contributed by atoms with Gasteiger partial charge in [-0.2, -0.15) is 10.5 Å². The number of nitrogens with zero attached hydrogens (tertiary/aromatic N) is 6. The topological polar surface area (TPSA) is 360 Å². The number of hydrogen-bond acceptors (Lipinski definition) is 17. The molecule has 0 saturated heterocycles. The maximum Gasteiger partial charge on any atom is 0.350 e. The number of ether oxygens (including phenoxy) is 2. The molecule has 0 spiro atoms. The van der Waals surface area contributed by atoms with Crippen molar-refractivity contribution in [1.82, 2.24) is 0 Å². The van der Waals surface area contributed by atoms with Crippen LogP contribution in [0.15, 0.2) is 69.9 Å². The molecule has 2 aliphatic rings. The van der Waals surface area contributed by atoms with E-state index in [0.29, 0.717) is 31.7 Å². The minimum atomic E-state index is -3.75. The molecule has 0 heterocycles.